The largest absolute Gasteiger partial charge is 0.314 e. The molecule has 0 unspecified atom stereocenters. The summed E-state index contributed by atoms with van der Waals surface area (Å²) >= 11 is 0. The average molecular weight is 183 g/mol. The molecule has 0 amide bonds. The van der Waals surface area contributed by atoms with Gasteiger partial charge < -0.3 is 5.32 Å². The summed E-state index contributed by atoms with van der Waals surface area (Å²) in [5.41, 5.74) is 0.585. The highest BCUT2D eigenvalue weighted by molar-refractivity contribution is 4.83. The maximum absolute atomic E-state index is 3.68. The molecule has 1 nitrogen and oxygen atoms in total. The van der Waals surface area contributed by atoms with Gasteiger partial charge in [-0.2, -0.15) is 0 Å². The Morgan fingerprint density at radius 3 is 2.77 bits per heavy atom. The highest BCUT2D eigenvalue weighted by Gasteiger charge is 2.27. The molecule has 0 heterocycles. The van der Waals surface area contributed by atoms with E-state index in [0.717, 1.165) is 6.04 Å². The monoisotopic (exact) mass is 183 g/mol. The van der Waals surface area contributed by atoms with Crippen LogP contribution in [0.5, 0.6) is 0 Å². The van der Waals surface area contributed by atoms with E-state index >= 15 is 0 Å². The van der Waals surface area contributed by atoms with Gasteiger partial charge in [-0.15, -0.1) is 0 Å². The zero-order valence-corrected chi connectivity index (χ0v) is 9.53. The van der Waals surface area contributed by atoms with Crippen molar-refractivity contribution in [2.24, 2.45) is 5.41 Å². The Hall–Kier alpha value is -0.0400. The first kappa shape index (κ1) is 11.0. The molecule has 78 valence electrons. The van der Waals surface area contributed by atoms with Crippen molar-refractivity contribution >= 4 is 0 Å². The van der Waals surface area contributed by atoms with Crippen LogP contribution >= 0.6 is 0 Å². The molecule has 0 radical (unpaired) electrons. The normalized spacial score (nSPS) is 27.5. The van der Waals surface area contributed by atoms with Crippen LogP contribution in [0.4, 0.5) is 0 Å². The first-order valence-electron chi connectivity index (χ1n) is 5.87. The van der Waals surface area contributed by atoms with Crippen molar-refractivity contribution < 1.29 is 0 Å². The zero-order chi connectivity index (χ0) is 9.73. The summed E-state index contributed by atoms with van der Waals surface area (Å²) in [4.78, 5) is 0. The summed E-state index contributed by atoms with van der Waals surface area (Å²) in [6.07, 6.45) is 8.24. The number of unbranched alkanes of at least 4 members (excludes halogenated alkanes) is 1. The first-order valence-corrected chi connectivity index (χ1v) is 5.87. The van der Waals surface area contributed by atoms with Gasteiger partial charge in [-0.3, -0.25) is 0 Å². The molecule has 1 heteroatoms. The Morgan fingerprint density at radius 2 is 2.15 bits per heavy atom. The molecule has 1 atom stereocenters. The third-order valence-corrected chi connectivity index (χ3v) is 3.17. The molecule has 0 saturated heterocycles. The second-order valence-electron chi connectivity index (χ2n) is 5.27. The molecule has 0 aliphatic heterocycles. The summed E-state index contributed by atoms with van der Waals surface area (Å²) in [5.74, 6) is 0. The number of nitrogens with one attached hydrogen (secondary N) is 1. The molecule has 0 aromatic rings. The number of hydrogen-bond donors (Lipinski definition) is 1. The van der Waals surface area contributed by atoms with E-state index in [9.17, 15) is 0 Å². The van der Waals surface area contributed by atoms with Gasteiger partial charge in [0.05, 0.1) is 0 Å². The number of rotatable bonds is 4. The van der Waals surface area contributed by atoms with E-state index in [2.05, 4.69) is 26.1 Å². The predicted octanol–water partition coefficient (Wildman–Crippen LogP) is 3.34. The number of hydrogen-bond acceptors (Lipinski definition) is 1. The molecular formula is C12H25N. The van der Waals surface area contributed by atoms with Crippen LogP contribution in [0.1, 0.15) is 59.3 Å². The van der Waals surface area contributed by atoms with Gasteiger partial charge in [0.15, 0.2) is 0 Å². The van der Waals surface area contributed by atoms with Crippen LogP contribution in [-0.4, -0.2) is 12.6 Å². The van der Waals surface area contributed by atoms with E-state index < -0.39 is 0 Å². The van der Waals surface area contributed by atoms with Gasteiger partial charge in [0.2, 0.25) is 0 Å². The molecule has 1 aliphatic rings. The topological polar surface area (TPSA) is 12.0 Å². The Labute approximate surface area is 83.3 Å². The molecule has 1 aliphatic carbocycles. The zero-order valence-electron chi connectivity index (χ0n) is 9.53. The standard InChI is InChI=1S/C12H25N/c1-4-5-9-13-11-7-6-8-12(2,3)10-11/h11,13H,4-10H2,1-3H3/t11-/m1/s1. The van der Waals surface area contributed by atoms with Crippen LogP contribution in [0.2, 0.25) is 0 Å². The van der Waals surface area contributed by atoms with E-state index in [1.165, 1.54) is 45.1 Å². The molecule has 1 fully saturated rings. The molecule has 1 saturated carbocycles. The van der Waals surface area contributed by atoms with E-state index in [4.69, 9.17) is 0 Å². The molecule has 1 rings (SSSR count). The van der Waals surface area contributed by atoms with Crippen molar-refractivity contribution in [3.8, 4) is 0 Å². The summed E-state index contributed by atoms with van der Waals surface area (Å²) in [6, 6.07) is 0.801. The fourth-order valence-electron chi connectivity index (χ4n) is 2.36. The molecule has 0 spiro atoms. The average Bonchev–Trinajstić information content (AvgIpc) is 2.03. The van der Waals surface area contributed by atoms with Crippen LogP contribution < -0.4 is 5.32 Å². The highest BCUT2D eigenvalue weighted by atomic mass is 14.9. The Morgan fingerprint density at radius 1 is 1.38 bits per heavy atom. The second-order valence-corrected chi connectivity index (χ2v) is 5.27. The summed E-state index contributed by atoms with van der Waals surface area (Å²) in [5, 5.41) is 3.68. The van der Waals surface area contributed by atoms with E-state index in [1.54, 1.807) is 0 Å². The minimum Gasteiger partial charge on any atom is -0.314 e. The molecule has 13 heavy (non-hydrogen) atoms. The molecule has 1 N–H and O–H groups in total. The third-order valence-electron chi connectivity index (χ3n) is 3.17. The fraction of sp³-hybridized carbons (Fsp3) is 1.00. The minimum atomic E-state index is 0.585. The van der Waals surface area contributed by atoms with Crippen molar-refractivity contribution in [1.82, 2.24) is 5.32 Å². The van der Waals surface area contributed by atoms with Gasteiger partial charge in [0.25, 0.3) is 0 Å². The van der Waals surface area contributed by atoms with Gasteiger partial charge >= 0.3 is 0 Å². The van der Waals surface area contributed by atoms with Crippen LogP contribution in [0.25, 0.3) is 0 Å². The fourth-order valence-corrected chi connectivity index (χ4v) is 2.36. The lowest BCUT2D eigenvalue weighted by Crippen LogP contribution is -2.37. The minimum absolute atomic E-state index is 0.585. The smallest absolute Gasteiger partial charge is 0.00721 e. The highest BCUT2D eigenvalue weighted by Crippen LogP contribution is 2.34. The van der Waals surface area contributed by atoms with Gasteiger partial charge in [-0.05, 0) is 37.6 Å². The maximum atomic E-state index is 3.68. The lowest BCUT2D eigenvalue weighted by molar-refractivity contribution is 0.198. The Bertz CT molecular complexity index is 140. The SMILES string of the molecule is CCCCN[C@@H]1CCCC(C)(C)C1. The van der Waals surface area contributed by atoms with Gasteiger partial charge in [-0.1, -0.05) is 33.6 Å². The molecular weight excluding hydrogens is 158 g/mol. The van der Waals surface area contributed by atoms with Crippen molar-refractivity contribution in [1.29, 1.82) is 0 Å². The van der Waals surface area contributed by atoms with Gasteiger partial charge in [-0.25, -0.2) is 0 Å². The summed E-state index contributed by atoms with van der Waals surface area (Å²) in [7, 11) is 0. The molecule has 0 aromatic heterocycles. The molecule has 0 bridgehead atoms. The van der Waals surface area contributed by atoms with E-state index in [1.807, 2.05) is 0 Å². The van der Waals surface area contributed by atoms with Crippen LogP contribution in [0.3, 0.4) is 0 Å². The summed E-state index contributed by atoms with van der Waals surface area (Å²) < 4.78 is 0. The van der Waals surface area contributed by atoms with Crippen molar-refractivity contribution in [3.63, 3.8) is 0 Å². The van der Waals surface area contributed by atoms with Crippen LogP contribution in [-0.2, 0) is 0 Å². The van der Waals surface area contributed by atoms with E-state index in [-0.39, 0.29) is 0 Å². The van der Waals surface area contributed by atoms with Crippen LogP contribution in [0, 0.1) is 5.41 Å². The van der Waals surface area contributed by atoms with Crippen molar-refractivity contribution in [2.45, 2.75) is 65.3 Å². The van der Waals surface area contributed by atoms with E-state index in [0.29, 0.717) is 5.41 Å². The van der Waals surface area contributed by atoms with Crippen molar-refractivity contribution in [3.05, 3.63) is 0 Å². The quantitative estimate of drug-likeness (QED) is 0.659. The second kappa shape index (κ2) is 4.99. The first-order chi connectivity index (χ1) is 6.14. The van der Waals surface area contributed by atoms with Gasteiger partial charge in [0.1, 0.15) is 0 Å². The Kier molecular flexibility index (Phi) is 4.24. The predicted molar refractivity (Wildman–Crippen MR) is 58.9 cm³/mol. The van der Waals surface area contributed by atoms with Crippen LogP contribution in [0.15, 0.2) is 0 Å². The third kappa shape index (κ3) is 4.12. The lowest BCUT2D eigenvalue weighted by atomic mass is 9.75. The Balaban J connectivity index is 2.19. The maximum Gasteiger partial charge on any atom is 0.00721 e. The lowest BCUT2D eigenvalue weighted by Gasteiger charge is -2.35. The summed E-state index contributed by atoms with van der Waals surface area (Å²) in [6.45, 7) is 8.28. The van der Waals surface area contributed by atoms with Crippen molar-refractivity contribution in [2.75, 3.05) is 6.54 Å². The molecule has 0 aromatic carbocycles. The van der Waals surface area contributed by atoms with Gasteiger partial charge in [0, 0.05) is 6.04 Å².